The van der Waals surface area contributed by atoms with E-state index in [1.54, 1.807) is 55.5 Å². The average Bonchev–Trinajstić information content (AvgIpc) is 3.48. The maximum Gasteiger partial charge on any atom is 0.343 e. The van der Waals surface area contributed by atoms with Gasteiger partial charge in [0.2, 0.25) is 0 Å². The molecule has 3 aliphatic heterocycles. The van der Waals surface area contributed by atoms with Crippen LogP contribution >= 0.6 is 0 Å². The molecule has 5 heterocycles. The van der Waals surface area contributed by atoms with Crippen molar-refractivity contribution in [3.63, 3.8) is 0 Å². The fourth-order valence-corrected chi connectivity index (χ4v) is 6.32. The van der Waals surface area contributed by atoms with E-state index >= 15 is 0 Å². The summed E-state index contributed by atoms with van der Waals surface area (Å²) >= 11 is 0. The van der Waals surface area contributed by atoms with Gasteiger partial charge in [-0.25, -0.2) is 9.78 Å². The lowest BCUT2D eigenvalue weighted by Gasteiger charge is -2.31. The number of rotatable bonds is 5. The minimum atomic E-state index is -1.97. The molecule has 0 unspecified atom stereocenters. The Morgan fingerprint density at radius 1 is 1.05 bits per heavy atom. The number of ether oxygens (including phenoxy) is 2. The normalized spacial score (nSPS) is 18.3. The highest BCUT2D eigenvalue weighted by Gasteiger charge is 2.45. The minimum absolute atomic E-state index is 0.0125. The molecular weight excluding hydrogens is 554 g/mol. The Kier molecular flexibility index (Phi) is 5.86. The minimum Gasteiger partial charge on any atom is -0.461 e. The highest BCUT2D eigenvalue weighted by molar-refractivity contribution is 6.21. The van der Waals surface area contributed by atoms with Crippen molar-refractivity contribution in [2.45, 2.75) is 52.2 Å². The molecule has 1 atom stereocenters. The number of carbonyl (C=O) groups excluding carboxylic acids is 4. The number of hydrogen-bond acceptors (Lipinski definition) is 9. The van der Waals surface area contributed by atoms with Crippen LogP contribution in [-0.2, 0) is 51.0 Å². The van der Waals surface area contributed by atoms with Gasteiger partial charge in [-0.15, -0.1) is 0 Å². The lowest BCUT2D eigenvalue weighted by atomic mass is 9.86. The molecule has 0 radical (unpaired) electrons. The van der Waals surface area contributed by atoms with Crippen LogP contribution in [0.3, 0.4) is 0 Å². The Morgan fingerprint density at radius 3 is 2.44 bits per heavy atom. The van der Waals surface area contributed by atoms with E-state index in [1.807, 2.05) is 0 Å². The molecule has 4 aromatic rings. The molecule has 0 spiro atoms. The summed E-state index contributed by atoms with van der Waals surface area (Å²) < 4.78 is 12.1. The molecule has 7 rings (SSSR count). The highest BCUT2D eigenvalue weighted by atomic mass is 16.6. The maximum absolute atomic E-state index is 13.7. The van der Waals surface area contributed by atoms with Crippen molar-refractivity contribution < 1.29 is 33.8 Å². The van der Waals surface area contributed by atoms with E-state index in [-0.39, 0.29) is 43.9 Å². The Morgan fingerprint density at radius 2 is 1.77 bits per heavy atom. The number of imide groups is 1. The fraction of sp³-hybridized carbons (Fsp3) is 0.250. The van der Waals surface area contributed by atoms with Crippen molar-refractivity contribution in [2.75, 3.05) is 0 Å². The standard InChI is InChI=1S/C32H25N3O8/c1-3-32(41)23-11-25-27-20(13-34(25)30(39)22(23)15-43-31(32)40)21(14-42-16(2)36)26-17(7-6-10-24(26)33-27)12-35-28(37)18-8-4-5-9-19(18)29(35)38/h4-11,41H,3,12-15H2,1-2H3/t32-/m0/s1. The number of aliphatic hydroxyl groups is 1. The fourth-order valence-electron chi connectivity index (χ4n) is 6.32. The molecular formula is C32H25N3O8. The number of esters is 2. The third-order valence-electron chi connectivity index (χ3n) is 8.54. The molecule has 0 aliphatic carbocycles. The summed E-state index contributed by atoms with van der Waals surface area (Å²) in [7, 11) is 0. The quantitative estimate of drug-likeness (QED) is 0.245. The first kappa shape index (κ1) is 26.7. The van der Waals surface area contributed by atoms with E-state index in [1.165, 1.54) is 16.4 Å². The molecule has 0 fully saturated rings. The van der Waals surface area contributed by atoms with Crippen LogP contribution in [0.4, 0.5) is 0 Å². The van der Waals surface area contributed by atoms with Crippen molar-refractivity contribution in [1.29, 1.82) is 0 Å². The van der Waals surface area contributed by atoms with Crippen molar-refractivity contribution in [3.05, 3.63) is 97.8 Å². The lowest BCUT2D eigenvalue weighted by molar-refractivity contribution is -0.172. The molecule has 2 amide bonds. The van der Waals surface area contributed by atoms with Gasteiger partial charge in [0.15, 0.2) is 5.60 Å². The number of aromatic nitrogens is 2. The molecule has 43 heavy (non-hydrogen) atoms. The molecule has 0 saturated carbocycles. The molecule has 11 heteroatoms. The van der Waals surface area contributed by atoms with Gasteiger partial charge in [-0.2, -0.15) is 0 Å². The number of benzene rings is 2. The van der Waals surface area contributed by atoms with E-state index in [9.17, 15) is 29.1 Å². The number of pyridine rings is 2. The van der Waals surface area contributed by atoms with Gasteiger partial charge in [0.1, 0.15) is 13.2 Å². The first-order valence-electron chi connectivity index (χ1n) is 13.8. The van der Waals surface area contributed by atoms with Crippen LogP contribution in [0, 0.1) is 0 Å². The summed E-state index contributed by atoms with van der Waals surface area (Å²) in [6.45, 7) is 2.58. The van der Waals surface area contributed by atoms with E-state index in [0.29, 0.717) is 50.1 Å². The van der Waals surface area contributed by atoms with E-state index < -0.39 is 34.9 Å². The largest absolute Gasteiger partial charge is 0.461 e. The molecule has 2 aromatic heterocycles. The number of fused-ring (bicyclic) bond motifs is 6. The summed E-state index contributed by atoms with van der Waals surface area (Å²) in [6, 6.07) is 13.6. The zero-order valence-electron chi connectivity index (χ0n) is 23.3. The van der Waals surface area contributed by atoms with Crippen molar-refractivity contribution in [3.8, 4) is 11.4 Å². The Hall–Kier alpha value is -5.16. The molecule has 216 valence electrons. The van der Waals surface area contributed by atoms with Crippen LogP contribution in [0.5, 0.6) is 0 Å². The van der Waals surface area contributed by atoms with E-state index in [0.717, 1.165) is 0 Å². The smallest absolute Gasteiger partial charge is 0.343 e. The summed E-state index contributed by atoms with van der Waals surface area (Å²) in [6.07, 6.45) is 0.0125. The monoisotopic (exact) mass is 579 g/mol. The van der Waals surface area contributed by atoms with Gasteiger partial charge >= 0.3 is 11.9 Å². The molecule has 2 aromatic carbocycles. The Labute approximate surface area is 244 Å². The number of nitrogens with zero attached hydrogens (tertiary/aromatic N) is 3. The molecule has 0 bridgehead atoms. The van der Waals surface area contributed by atoms with Crippen LogP contribution in [0.2, 0.25) is 0 Å². The van der Waals surface area contributed by atoms with Crippen molar-refractivity contribution in [1.82, 2.24) is 14.5 Å². The first-order valence-corrected chi connectivity index (χ1v) is 13.8. The topological polar surface area (TPSA) is 145 Å². The second-order valence-electron chi connectivity index (χ2n) is 10.9. The third kappa shape index (κ3) is 3.77. The third-order valence-corrected chi connectivity index (χ3v) is 8.54. The maximum atomic E-state index is 13.7. The Balaban J connectivity index is 1.41. The van der Waals surface area contributed by atoms with Crippen LogP contribution in [0.15, 0.2) is 53.3 Å². The molecule has 11 nitrogen and oxygen atoms in total. The van der Waals surface area contributed by atoms with Gasteiger partial charge in [-0.3, -0.25) is 24.1 Å². The van der Waals surface area contributed by atoms with Crippen LogP contribution in [0.25, 0.3) is 22.3 Å². The molecule has 0 saturated heterocycles. The zero-order chi connectivity index (χ0) is 30.2. The average molecular weight is 580 g/mol. The van der Waals surface area contributed by atoms with Crippen molar-refractivity contribution in [2.24, 2.45) is 0 Å². The number of cyclic esters (lactones) is 1. The number of carbonyl (C=O) groups is 4. The Bertz CT molecular complexity index is 1980. The summed E-state index contributed by atoms with van der Waals surface area (Å²) in [4.78, 5) is 70.6. The molecule has 3 aliphatic rings. The number of hydrogen-bond donors (Lipinski definition) is 1. The highest BCUT2D eigenvalue weighted by Crippen LogP contribution is 2.41. The summed E-state index contributed by atoms with van der Waals surface area (Å²) in [5.74, 6) is -2.14. The van der Waals surface area contributed by atoms with Gasteiger partial charge in [0, 0.05) is 29.0 Å². The van der Waals surface area contributed by atoms with Gasteiger partial charge in [0.05, 0.1) is 46.7 Å². The first-order chi connectivity index (χ1) is 20.6. The van der Waals surface area contributed by atoms with Crippen LogP contribution < -0.4 is 5.56 Å². The van der Waals surface area contributed by atoms with Crippen molar-refractivity contribution >= 4 is 34.7 Å². The van der Waals surface area contributed by atoms with Crippen LogP contribution in [0.1, 0.15) is 68.8 Å². The van der Waals surface area contributed by atoms with Gasteiger partial charge in [-0.05, 0) is 36.2 Å². The van der Waals surface area contributed by atoms with Gasteiger partial charge in [-0.1, -0.05) is 31.2 Å². The van der Waals surface area contributed by atoms with Crippen LogP contribution in [-0.4, -0.2) is 43.3 Å². The second kappa shape index (κ2) is 9.43. The molecule has 1 N–H and O–H groups in total. The lowest BCUT2D eigenvalue weighted by Crippen LogP contribution is -2.44. The predicted octanol–water partition coefficient (Wildman–Crippen LogP) is 2.94. The summed E-state index contributed by atoms with van der Waals surface area (Å²) in [5.41, 5.74) is 1.85. The van der Waals surface area contributed by atoms with E-state index in [2.05, 4.69) is 0 Å². The predicted molar refractivity (Wildman–Crippen MR) is 151 cm³/mol. The number of amides is 2. The van der Waals surface area contributed by atoms with E-state index in [4.69, 9.17) is 14.5 Å². The van der Waals surface area contributed by atoms with Gasteiger partial charge in [0.25, 0.3) is 17.4 Å². The zero-order valence-corrected chi connectivity index (χ0v) is 23.3. The van der Waals surface area contributed by atoms with Gasteiger partial charge < -0.3 is 19.1 Å². The SMILES string of the molecule is CC[C@@]1(O)C(=O)OCc2c1cc1n(c2=O)Cc2c-1nc1cccc(CN3C(=O)c4ccccc4C3=O)c1c2COC(C)=O. The second-order valence-corrected chi connectivity index (χ2v) is 10.9. The summed E-state index contributed by atoms with van der Waals surface area (Å²) in [5, 5.41) is 11.8.